The normalized spacial score (nSPS) is 10.9. The van der Waals surface area contributed by atoms with E-state index in [1.807, 2.05) is 11.8 Å². The van der Waals surface area contributed by atoms with Gasteiger partial charge in [-0.05, 0) is 25.5 Å². The average Bonchev–Trinajstić information content (AvgIpc) is 2.93. The van der Waals surface area contributed by atoms with Crippen LogP contribution in [0.15, 0.2) is 22.7 Å². The number of nitrogens with zero attached hydrogens (tertiary/aromatic N) is 3. The van der Waals surface area contributed by atoms with Crippen LogP contribution in [-0.4, -0.2) is 16.7 Å². The van der Waals surface area contributed by atoms with Crippen LogP contribution in [0.25, 0.3) is 0 Å². The van der Waals surface area contributed by atoms with E-state index >= 15 is 0 Å². The van der Waals surface area contributed by atoms with Crippen molar-refractivity contribution < 1.29 is 13.3 Å². The van der Waals surface area contributed by atoms with E-state index in [0.29, 0.717) is 30.5 Å². The molecule has 0 unspecified atom stereocenters. The zero-order valence-electron chi connectivity index (χ0n) is 12.3. The highest BCUT2D eigenvalue weighted by atomic mass is 19.2. The van der Waals surface area contributed by atoms with Gasteiger partial charge in [0.1, 0.15) is 0 Å². The Morgan fingerprint density at radius 3 is 2.67 bits per heavy atom. The molecule has 0 saturated heterocycles. The number of halogens is 2. The molecular formula is C15H19F2N3O. The van der Waals surface area contributed by atoms with Gasteiger partial charge in [-0.25, -0.2) is 8.78 Å². The number of aryl methyl sites for hydroxylation is 1. The lowest BCUT2D eigenvalue weighted by Crippen LogP contribution is -2.22. The lowest BCUT2D eigenvalue weighted by atomic mass is 10.2. The third-order valence-corrected chi connectivity index (χ3v) is 3.24. The van der Waals surface area contributed by atoms with Crippen LogP contribution < -0.4 is 4.90 Å². The standard InChI is InChI=1S/C15H19F2N3O/c1-3-5-6-14-18-15(21-19-14)10-20(4-2)11-7-8-12(16)13(17)9-11/h7-9H,3-6,10H2,1-2H3. The second kappa shape index (κ2) is 7.15. The van der Waals surface area contributed by atoms with Crippen LogP contribution in [-0.2, 0) is 13.0 Å². The van der Waals surface area contributed by atoms with Crippen molar-refractivity contribution in [3.63, 3.8) is 0 Å². The fraction of sp³-hybridized carbons (Fsp3) is 0.467. The highest BCUT2D eigenvalue weighted by molar-refractivity contribution is 5.46. The zero-order chi connectivity index (χ0) is 15.2. The monoisotopic (exact) mass is 295 g/mol. The second-order valence-electron chi connectivity index (χ2n) is 4.82. The van der Waals surface area contributed by atoms with Crippen LogP contribution in [0.1, 0.15) is 38.4 Å². The van der Waals surface area contributed by atoms with Gasteiger partial charge in [-0.15, -0.1) is 0 Å². The van der Waals surface area contributed by atoms with Crippen LogP contribution in [0.2, 0.25) is 0 Å². The number of unbranched alkanes of at least 4 members (excludes halogenated alkanes) is 1. The van der Waals surface area contributed by atoms with Crippen molar-refractivity contribution in [3.8, 4) is 0 Å². The molecule has 0 aliphatic rings. The third kappa shape index (κ3) is 4.00. The molecule has 0 spiro atoms. The van der Waals surface area contributed by atoms with Crippen LogP contribution in [0.5, 0.6) is 0 Å². The molecule has 0 aliphatic carbocycles. The first kappa shape index (κ1) is 15.4. The zero-order valence-corrected chi connectivity index (χ0v) is 12.3. The Kier molecular flexibility index (Phi) is 5.25. The van der Waals surface area contributed by atoms with Gasteiger partial charge in [0.25, 0.3) is 0 Å². The van der Waals surface area contributed by atoms with Crippen molar-refractivity contribution in [1.29, 1.82) is 0 Å². The molecule has 1 heterocycles. The molecule has 4 nitrogen and oxygen atoms in total. The summed E-state index contributed by atoms with van der Waals surface area (Å²) in [6.45, 7) is 5.02. The summed E-state index contributed by atoms with van der Waals surface area (Å²) in [5.41, 5.74) is 0.588. The molecule has 2 rings (SSSR count). The minimum Gasteiger partial charge on any atom is -0.362 e. The third-order valence-electron chi connectivity index (χ3n) is 3.24. The number of benzene rings is 1. The molecule has 0 atom stereocenters. The van der Waals surface area contributed by atoms with Crippen molar-refractivity contribution in [2.45, 2.75) is 39.7 Å². The van der Waals surface area contributed by atoms with E-state index in [-0.39, 0.29) is 0 Å². The largest absolute Gasteiger partial charge is 0.362 e. The Bertz CT molecular complexity index is 586. The first-order valence-electron chi connectivity index (χ1n) is 7.15. The number of hydrogen-bond donors (Lipinski definition) is 0. The molecule has 0 bridgehead atoms. The number of aromatic nitrogens is 2. The Labute approximate surface area is 122 Å². The fourth-order valence-corrected chi connectivity index (χ4v) is 2.02. The first-order chi connectivity index (χ1) is 10.1. The Morgan fingerprint density at radius 2 is 2.00 bits per heavy atom. The molecule has 0 radical (unpaired) electrons. The molecule has 1 aromatic heterocycles. The molecule has 1 aromatic carbocycles. The summed E-state index contributed by atoms with van der Waals surface area (Å²) >= 11 is 0. The highest BCUT2D eigenvalue weighted by Gasteiger charge is 2.13. The fourth-order valence-electron chi connectivity index (χ4n) is 2.02. The highest BCUT2D eigenvalue weighted by Crippen LogP contribution is 2.19. The van der Waals surface area contributed by atoms with Gasteiger partial charge in [0.2, 0.25) is 5.89 Å². The van der Waals surface area contributed by atoms with Gasteiger partial charge in [0, 0.05) is 24.7 Å². The minimum atomic E-state index is -0.861. The van der Waals surface area contributed by atoms with Crippen molar-refractivity contribution >= 4 is 5.69 Å². The Balaban J connectivity index is 2.07. The van der Waals surface area contributed by atoms with Gasteiger partial charge in [-0.2, -0.15) is 4.98 Å². The molecular weight excluding hydrogens is 276 g/mol. The Morgan fingerprint density at radius 1 is 1.19 bits per heavy atom. The number of anilines is 1. The molecule has 114 valence electrons. The Hall–Kier alpha value is -1.98. The first-order valence-corrected chi connectivity index (χ1v) is 7.15. The van der Waals surface area contributed by atoms with Crippen LogP contribution in [0.3, 0.4) is 0 Å². The van der Waals surface area contributed by atoms with E-state index in [2.05, 4.69) is 17.1 Å². The predicted molar refractivity (Wildman–Crippen MR) is 76.0 cm³/mol. The SMILES string of the molecule is CCCCc1noc(CN(CC)c2ccc(F)c(F)c2)n1. The summed E-state index contributed by atoms with van der Waals surface area (Å²) in [7, 11) is 0. The molecule has 2 aromatic rings. The quantitative estimate of drug-likeness (QED) is 0.781. The van der Waals surface area contributed by atoms with Crippen molar-refractivity contribution in [2.75, 3.05) is 11.4 Å². The van der Waals surface area contributed by atoms with Crippen molar-refractivity contribution in [2.24, 2.45) is 0 Å². The topological polar surface area (TPSA) is 42.2 Å². The van der Waals surface area contributed by atoms with Gasteiger partial charge in [0.15, 0.2) is 17.5 Å². The van der Waals surface area contributed by atoms with Crippen LogP contribution >= 0.6 is 0 Å². The summed E-state index contributed by atoms with van der Waals surface area (Å²) in [6, 6.07) is 3.83. The molecule has 0 N–H and O–H groups in total. The van der Waals surface area contributed by atoms with Gasteiger partial charge in [-0.1, -0.05) is 18.5 Å². The molecule has 0 aliphatic heterocycles. The predicted octanol–water partition coefficient (Wildman–Crippen LogP) is 3.72. The summed E-state index contributed by atoms with van der Waals surface area (Å²) in [6.07, 6.45) is 2.87. The summed E-state index contributed by atoms with van der Waals surface area (Å²) in [5, 5.41) is 3.92. The average molecular weight is 295 g/mol. The molecule has 6 heteroatoms. The lowest BCUT2D eigenvalue weighted by molar-refractivity contribution is 0.371. The van der Waals surface area contributed by atoms with Gasteiger partial charge >= 0.3 is 0 Å². The molecule has 0 saturated carbocycles. The molecule has 21 heavy (non-hydrogen) atoms. The van der Waals surface area contributed by atoms with E-state index in [1.54, 1.807) is 0 Å². The maximum absolute atomic E-state index is 13.3. The van der Waals surface area contributed by atoms with E-state index in [1.165, 1.54) is 12.1 Å². The summed E-state index contributed by atoms with van der Waals surface area (Å²) < 4.78 is 31.5. The van der Waals surface area contributed by atoms with E-state index in [9.17, 15) is 8.78 Å². The van der Waals surface area contributed by atoms with E-state index in [4.69, 9.17) is 4.52 Å². The smallest absolute Gasteiger partial charge is 0.246 e. The van der Waals surface area contributed by atoms with Gasteiger partial charge < -0.3 is 9.42 Å². The minimum absolute atomic E-state index is 0.376. The van der Waals surface area contributed by atoms with Gasteiger partial charge in [0.05, 0.1) is 6.54 Å². The van der Waals surface area contributed by atoms with Crippen LogP contribution in [0, 0.1) is 11.6 Å². The number of hydrogen-bond acceptors (Lipinski definition) is 4. The van der Waals surface area contributed by atoms with Crippen molar-refractivity contribution in [1.82, 2.24) is 10.1 Å². The maximum atomic E-state index is 13.3. The van der Waals surface area contributed by atoms with Crippen molar-refractivity contribution in [3.05, 3.63) is 41.5 Å². The van der Waals surface area contributed by atoms with E-state index < -0.39 is 11.6 Å². The number of rotatable bonds is 7. The lowest BCUT2D eigenvalue weighted by Gasteiger charge is -2.21. The molecule has 0 fully saturated rings. The molecule has 0 amide bonds. The van der Waals surface area contributed by atoms with E-state index in [0.717, 1.165) is 25.3 Å². The van der Waals surface area contributed by atoms with Crippen LogP contribution in [0.4, 0.5) is 14.5 Å². The second-order valence-corrected chi connectivity index (χ2v) is 4.82. The summed E-state index contributed by atoms with van der Waals surface area (Å²) in [5.74, 6) is -0.546. The maximum Gasteiger partial charge on any atom is 0.246 e. The summed E-state index contributed by atoms with van der Waals surface area (Å²) in [4.78, 5) is 6.16. The van der Waals surface area contributed by atoms with Gasteiger partial charge in [-0.3, -0.25) is 0 Å².